The van der Waals surface area contributed by atoms with Crippen LogP contribution in [0, 0.1) is 0 Å². The van der Waals surface area contributed by atoms with Crippen molar-refractivity contribution in [2.45, 2.75) is 30.7 Å². The summed E-state index contributed by atoms with van der Waals surface area (Å²) in [5, 5.41) is 2.85. The molecule has 1 N–H and O–H groups in total. The minimum absolute atomic E-state index is 0.147. The van der Waals surface area contributed by atoms with Gasteiger partial charge in [-0.25, -0.2) is 16.8 Å². The molecule has 1 amide bonds. The van der Waals surface area contributed by atoms with Crippen molar-refractivity contribution in [2.24, 2.45) is 0 Å². The first-order chi connectivity index (χ1) is 14.4. The van der Waals surface area contributed by atoms with Gasteiger partial charge in [0.05, 0.1) is 30.0 Å². The van der Waals surface area contributed by atoms with Crippen LogP contribution in [0.3, 0.4) is 0 Å². The van der Waals surface area contributed by atoms with E-state index < -0.39 is 19.9 Å². The Hall–Kier alpha value is -2.59. The van der Waals surface area contributed by atoms with Crippen LogP contribution in [0.15, 0.2) is 53.4 Å². The van der Waals surface area contributed by atoms with Crippen molar-refractivity contribution in [3.8, 4) is 5.75 Å². The van der Waals surface area contributed by atoms with Gasteiger partial charge in [-0.3, -0.25) is 9.10 Å². The summed E-state index contributed by atoms with van der Waals surface area (Å²) in [5.74, 6) is 0.401. The molecule has 0 heterocycles. The van der Waals surface area contributed by atoms with Crippen molar-refractivity contribution >= 4 is 31.5 Å². The molecule has 0 aliphatic carbocycles. The number of rotatable bonds is 10. The molecule has 0 aromatic heterocycles. The van der Waals surface area contributed by atoms with E-state index in [2.05, 4.69) is 5.32 Å². The van der Waals surface area contributed by atoms with Gasteiger partial charge in [0, 0.05) is 19.2 Å². The molecule has 1 atom stereocenters. The van der Waals surface area contributed by atoms with Gasteiger partial charge in [-0.15, -0.1) is 0 Å². The molecule has 8 nitrogen and oxygen atoms in total. The molecular weight excluding hydrogens is 440 g/mol. The van der Waals surface area contributed by atoms with Crippen molar-refractivity contribution in [3.05, 3.63) is 54.1 Å². The molecule has 2 aromatic carbocycles. The maximum absolute atomic E-state index is 12.3. The molecule has 0 spiro atoms. The first kappa shape index (κ1) is 24.7. The Balaban J connectivity index is 1.94. The van der Waals surface area contributed by atoms with E-state index in [1.54, 1.807) is 43.3 Å². The largest absolute Gasteiger partial charge is 0.497 e. The van der Waals surface area contributed by atoms with Gasteiger partial charge in [0.1, 0.15) is 5.75 Å². The van der Waals surface area contributed by atoms with Gasteiger partial charge in [-0.1, -0.05) is 12.1 Å². The van der Waals surface area contributed by atoms with Gasteiger partial charge in [-0.05, 0) is 55.3 Å². The Labute approximate surface area is 184 Å². The maximum Gasteiger partial charge on any atom is 0.232 e. The zero-order valence-electron chi connectivity index (χ0n) is 18.0. The number of anilines is 1. The zero-order chi connectivity index (χ0) is 23.2. The fraction of sp³-hybridized carbons (Fsp3) is 0.381. The van der Waals surface area contributed by atoms with E-state index in [4.69, 9.17) is 4.74 Å². The number of hydrogen-bond acceptors (Lipinski definition) is 6. The van der Waals surface area contributed by atoms with E-state index in [0.29, 0.717) is 17.9 Å². The quantitative estimate of drug-likeness (QED) is 0.574. The molecule has 0 saturated heterocycles. The Morgan fingerprint density at radius 3 is 2.06 bits per heavy atom. The molecule has 0 fully saturated rings. The Morgan fingerprint density at radius 2 is 1.58 bits per heavy atom. The standard InChI is InChI=1S/C21H28N2O6S2/c1-16(17-7-13-20(14-8-17)30(3,25)26)22-21(24)6-5-15-23(31(4,27)28)18-9-11-19(29-2)12-10-18/h7-14,16H,5-6,15H2,1-4H3,(H,22,24). The average Bonchev–Trinajstić information content (AvgIpc) is 2.70. The number of methoxy groups -OCH3 is 1. The lowest BCUT2D eigenvalue weighted by molar-refractivity contribution is -0.121. The molecular formula is C21H28N2O6S2. The fourth-order valence-electron chi connectivity index (χ4n) is 3.02. The molecule has 2 aromatic rings. The monoisotopic (exact) mass is 468 g/mol. The van der Waals surface area contributed by atoms with Gasteiger partial charge < -0.3 is 10.1 Å². The highest BCUT2D eigenvalue weighted by Gasteiger charge is 2.18. The van der Waals surface area contributed by atoms with E-state index in [1.807, 2.05) is 0 Å². The highest BCUT2D eigenvalue weighted by Crippen LogP contribution is 2.22. The molecule has 0 bridgehead atoms. The first-order valence-electron chi connectivity index (χ1n) is 9.63. The van der Waals surface area contributed by atoms with Gasteiger partial charge in [0.25, 0.3) is 0 Å². The number of nitrogens with one attached hydrogen (secondary N) is 1. The minimum Gasteiger partial charge on any atom is -0.497 e. The Morgan fingerprint density at radius 1 is 1.00 bits per heavy atom. The number of nitrogens with zero attached hydrogens (tertiary/aromatic N) is 1. The lowest BCUT2D eigenvalue weighted by atomic mass is 10.1. The smallest absolute Gasteiger partial charge is 0.232 e. The molecule has 1 unspecified atom stereocenters. The Bertz CT molecular complexity index is 1100. The van der Waals surface area contributed by atoms with Gasteiger partial charge in [0.2, 0.25) is 15.9 Å². The molecule has 0 radical (unpaired) electrons. The van der Waals surface area contributed by atoms with Crippen molar-refractivity contribution in [2.75, 3.05) is 30.5 Å². The molecule has 0 saturated carbocycles. The lowest BCUT2D eigenvalue weighted by Crippen LogP contribution is -2.32. The predicted octanol–water partition coefficient (Wildman–Crippen LogP) is 2.52. The molecule has 0 aliphatic rings. The van der Waals surface area contributed by atoms with E-state index in [0.717, 1.165) is 18.1 Å². The second kappa shape index (κ2) is 10.1. The number of amides is 1. The SMILES string of the molecule is COc1ccc(N(CCCC(=O)NC(C)c2ccc(S(C)(=O)=O)cc2)S(C)(=O)=O)cc1. The third-order valence-corrected chi connectivity index (χ3v) is 7.03. The van der Waals surface area contributed by atoms with Crippen LogP contribution in [0.25, 0.3) is 0 Å². The topological polar surface area (TPSA) is 110 Å². The number of benzene rings is 2. The van der Waals surface area contributed by atoms with Gasteiger partial charge >= 0.3 is 0 Å². The van der Waals surface area contributed by atoms with E-state index in [-0.39, 0.29) is 29.8 Å². The van der Waals surface area contributed by atoms with Crippen LogP contribution in [0.5, 0.6) is 5.75 Å². The van der Waals surface area contributed by atoms with Crippen LogP contribution in [0.1, 0.15) is 31.4 Å². The van der Waals surface area contributed by atoms with E-state index >= 15 is 0 Å². The van der Waals surface area contributed by atoms with Crippen LogP contribution in [0.2, 0.25) is 0 Å². The van der Waals surface area contributed by atoms with Crippen LogP contribution < -0.4 is 14.4 Å². The van der Waals surface area contributed by atoms with Crippen molar-refractivity contribution in [1.29, 1.82) is 0 Å². The van der Waals surface area contributed by atoms with E-state index in [9.17, 15) is 21.6 Å². The fourth-order valence-corrected chi connectivity index (χ4v) is 4.61. The van der Waals surface area contributed by atoms with Crippen LogP contribution in [0.4, 0.5) is 5.69 Å². The second-order valence-electron chi connectivity index (χ2n) is 7.27. The summed E-state index contributed by atoms with van der Waals surface area (Å²) in [6, 6.07) is 12.7. The highest BCUT2D eigenvalue weighted by molar-refractivity contribution is 7.92. The summed E-state index contributed by atoms with van der Waals surface area (Å²) >= 11 is 0. The maximum atomic E-state index is 12.3. The summed E-state index contributed by atoms with van der Waals surface area (Å²) in [4.78, 5) is 12.5. The normalized spacial score (nSPS) is 12.8. The first-order valence-corrected chi connectivity index (χ1v) is 13.4. The zero-order valence-corrected chi connectivity index (χ0v) is 19.7. The molecule has 2 rings (SSSR count). The van der Waals surface area contributed by atoms with Gasteiger partial charge in [-0.2, -0.15) is 0 Å². The summed E-state index contributed by atoms with van der Waals surface area (Å²) in [7, 11) is -5.25. The summed E-state index contributed by atoms with van der Waals surface area (Å²) < 4.78 is 53.8. The minimum atomic E-state index is -3.51. The third-order valence-electron chi connectivity index (χ3n) is 4.71. The van der Waals surface area contributed by atoms with Crippen LogP contribution in [-0.4, -0.2) is 48.9 Å². The van der Waals surface area contributed by atoms with Crippen LogP contribution >= 0.6 is 0 Å². The summed E-state index contributed by atoms with van der Waals surface area (Å²) in [6.45, 7) is 1.96. The number of ether oxygens (including phenoxy) is 1. The number of carbonyl (C=O) groups excluding carboxylic acids is 1. The molecule has 170 valence electrons. The van der Waals surface area contributed by atoms with Crippen molar-refractivity contribution in [3.63, 3.8) is 0 Å². The Kier molecular flexibility index (Phi) is 8.08. The number of carbonyl (C=O) groups is 1. The van der Waals surface area contributed by atoms with Gasteiger partial charge in [0.15, 0.2) is 9.84 Å². The average molecular weight is 469 g/mol. The number of sulfonamides is 1. The van der Waals surface area contributed by atoms with Crippen molar-refractivity contribution in [1.82, 2.24) is 5.32 Å². The highest BCUT2D eigenvalue weighted by atomic mass is 32.2. The molecule has 31 heavy (non-hydrogen) atoms. The van der Waals surface area contributed by atoms with Crippen LogP contribution in [-0.2, 0) is 24.7 Å². The predicted molar refractivity (Wildman–Crippen MR) is 121 cm³/mol. The lowest BCUT2D eigenvalue weighted by Gasteiger charge is -2.22. The molecule has 10 heteroatoms. The third kappa shape index (κ3) is 7.25. The number of hydrogen-bond donors (Lipinski definition) is 1. The number of sulfone groups is 1. The summed E-state index contributed by atoms with van der Waals surface area (Å²) in [5.41, 5.74) is 1.28. The second-order valence-corrected chi connectivity index (χ2v) is 11.2. The van der Waals surface area contributed by atoms with Crippen molar-refractivity contribution < 1.29 is 26.4 Å². The molecule has 0 aliphatic heterocycles. The van der Waals surface area contributed by atoms with E-state index in [1.165, 1.54) is 23.5 Å². The summed E-state index contributed by atoms with van der Waals surface area (Å²) in [6.07, 6.45) is 2.75.